The first kappa shape index (κ1) is 22.6. The molecule has 154 valence electrons. The predicted molar refractivity (Wildman–Crippen MR) is 117 cm³/mol. The van der Waals surface area contributed by atoms with Crippen LogP contribution in [0.3, 0.4) is 0 Å². The number of carbonyl (C=O) groups excluding carboxylic acids is 3. The standard InChI is InChI=1S/C18H31IN4O3S/c19-11-16(25)21-10-6-2-1-5-9-20-15(24)8-4-3-7-14-17-13(12-27-14)22-18(26)23-17/h13-14,17H,1-12H2,(H,20,24)(H,21,25)(H2,22,23,26)/t13-,14+,17+/m1/s1. The lowest BCUT2D eigenvalue weighted by Gasteiger charge is -2.16. The van der Waals surface area contributed by atoms with Gasteiger partial charge in [0.1, 0.15) is 0 Å². The fraction of sp³-hybridized carbons (Fsp3) is 0.833. The third kappa shape index (κ3) is 8.45. The maximum absolute atomic E-state index is 11.9. The number of hydrogen-bond donors (Lipinski definition) is 4. The minimum atomic E-state index is -0.0416. The van der Waals surface area contributed by atoms with E-state index in [0.717, 1.165) is 63.8 Å². The van der Waals surface area contributed by atoms with E-state index in [1.54, 1.807) is 0 Å². The van der Waals surface area contributed by atoms with Crippen LogP contribution in [0.4, 0.5) is 4.79 Å². The molecule has 0 aliphatic carbocycles. The number of thioether (sulfide) groups is 1. The molecule has 0 spiro atoms. The van der Waals surface area contributed by atoms with Crippen molar-refractivity contribution in [2.75, 3.05) is 23.3 Å². The maximum Gasteiger partial charge on any atom is 0.315 e. The van der Waals surface area contributed by atoms with E-state index in [2.05, 4.69) is 43.9 Å². The Morgan fingerprint density at radius 3 is 2.41 bits per heavy atom. The van der Waals surface area contributed by atoms with E-state index in [4.69, 9.17) is 0 Å². The van der Waals surface area contributed by atoms with E-state index in [1.165, 1.54) is 0 Å². The first-order valence-corrected chi connectivity index (χ1v) is 12.5. The number of urea groups is 1. The second kappa shape index (κ2) is 12.7. The summed E-state index contributed by atoms with van der Waals surface area (Å²) in [7, 11) is 0. The minimum absolute atomic E-state index is 0.0416. The molecular weight excluding hydrogens is 479 g/mol. The highest BCUT2D eigenvalue weighted by molar-refractivity contribution is 14.1. The molecule has 0 bridgehead atoms. The summed E-state index contributed by atoms with van der Waals surface area (Å²) in [6.07, 6.45) is 7.68. The maximum atomic E-state index is 11.9. The third-order valence-corrected chi connectivity index (χ3v) is 7.15. The van der Waals surface area contributed by atoms with E-state index in [0.29, 0.717) is 16.1 Å². The van der Waals surface area contributed by atoms with Gasteiger partial charge in [0.15, 0.2) is 0 Å². The molecule has 3 atom stereocenters. The quantitative estimate of drug-likeness (QED) is 0.132. The highest BCUT2D eigenvalue weighted by Crippen LogP contribution is 2.33. The average Bonchev–Trinajstić information content (AvgIpc) is 3.20. The van der Waals surface area contributed by atoms with Gasteiger partial charge in [-0.2, -0.15) is 11.8 Å². The first-order valence-electron chi connectivity index (χ1n) is 9.88. The smallest absolute Gasteiger partial charge is 0.315 e. The zero-order valence-electron chi connectivity index (χ0n) is 15.7. The number of fused-ring (bicyclic) bond motifs is 1. The Balaban J connectivity index is 1.39. The fourth-order valence-corrected chi connectivity index (χ4v) is 5.28. The molecule has 0 unspecified atom stereocenters. The number of amides is 4. The molecular formula is C18H31IN4O3S. The van der Waals surface area contributed by atoms with Gasteiger partial charge in [-0.25, -0.2) is 4.79 Å². The predicted octanol–water partition coefficient (Wildman–Crippen LogP) is 1.94. The molecule has 0 saturated carbocycles. The summed E-state index contributed by atoms with van der Waals surface area (Å²) in [5, 5.41) is 12.3. The Morgan fingerprint density at radius 2 is 1.70 bits per heavy atom. The van der Waals surface area contributed by atoms with E-state index < -0.39 is 0 Å². The van der Waals surface area contributed by atoms with E-state index in [1.807, 2.05) is 11.8 Å². The molecule has 0 aromatic carbocycles. The zero-order valence-corrected chi connectivity index (χ0v) is 18.7. The van der Waals surface area contributed by atoms with Crippen LogP contribution in [0, 0.1) is 0 Å². The Labute approximate surface area is 179 Å². The van der Waals surface area contributed by atoms with Crippen LogP contribution in [-0.2, 0) is 9.59 Å². The number of halogens is 1. The number of carbonyl (C=O) groups is 3. The summed E-state index contributed by atoms with van der Waals surface area (Å²) in [5.74, 6) is 1.22. The molecule has 4 amide bonds. The average molecular weight is 510 g/mol. The van der Waals surface area contributed by atoms with Gasteiger partial charge in [-0.3, -0.25) is 9.59 Å². The van der Waals surface area contributed by atoms with Crippen molar-refractivity contribution >= 4 is 52.2 Å². The largest absolute Gasteiger partial charge is 0.356 e. The van der Waals surface area contributed by atoms with Crippen molar-refractivity contribution in [1.29, 1.82) is 0 Å². The van der Waals surface area contributed by atoms with Crippen LogP contribution in [0.5, 0.6) is 0 Å². The molecule has 7 nitrogen and oxygen atoms in total. The third-order valence-electron chi connectivity index (χ3n) is 4.95. The van der Waals surface area contributed by atoms with Gasteiger partial charge in [-0.1, -0.05) is 41.9 Å². The van der Waals surface area contributed by atoms with Gasteiger partial charge >= 0.3 is 6.03 Å². The SMILES string of the molecule is O=C(CI)NCCCCCCNC(=O)CCCC[C@@H]1SC[C@H]2NC(=O)N[C@H]12. The van der Waals surface area contributed by atoms with Crippen molar-refractivity contribution in [1.82, 2.24) is 21.3 Å². The topological polar surface area (TPSA) is 99.3 Å². The number of rotatable bonds is 13. The highest BCUT2D eigenvalue weighted by atomic mass is 127. The molecule has 0 aromatic rings. The summed E-state index contributed by atoms with van der Waals surface area (Å²) in [5.41, 5.74) is 0. The van der Waals surface area contributed by atoms with Gasteiger partial charge in [-0.05, 0) is 25.7 Å². The first-order chi connectivity index (χ1) is 13.1. The molecule has 2 fully saturated rings. The molecule has 2 heterocycles. The normalized spacial score (nSPS) is 23.4. The van der Waals surface area contributed by atoms with Crippen LogP contribution >= 0.6 is 34.4 Å². The fourth-order valence-electron chi connectivity index (χ4n) is 3.47. The van der Waals surface area contributed by atoms with Gasteiger partial charge < -0.3 is 21.3 Å². The lowest BCUT2D eigenvalue weighted by molar-refractivity contribution is -0.121. The molecule has 2 aliphatic heterocycles. The van der Waals surface area contributed by atoms with Crippen molar-refractivity contribution in [3.05, 3.63) is 0 Å². The second-order valence-electron chi connectivity index (χ2n) is 7.12. The van der Waals surface area contributed by atoms with Crippen LogP contribution in [0.2, 0.25) is 0 Å². The number of nitrogens with one attached hydrogen (secondary N) is 4. The summed E-state index contributed by atoms with van der Waals surface area (Å²) in [6.45, 7) is 1.48. The van der Waals surface area contributed by atoms with E-state index in [-0.39, 0.29) is 29.9 Å². The number of hydrogen-bond acceptors (Lipinski definition) is 4. The molecule has 0 radical (unpaired) electrons. The van der Waals surface area contributed by atoms with Crippen molar-refractivity contribution in [3.8, 4) is 0 Å². The lowest BCUT2D eigenvalue weighted by Crippen LogP contribution is -2.36. The summed E-state index contributed by atoms with van der Waals surface area (Å²) in [6, 6.07) is 0.490. The van der Waals surface area contributed by atoms with Gasteiger partial charge in [-0.15, -0.1) is 0 Å². The summed E-state index contributed by atoms with van der Waals surface area (Å²) < 4.78 is 0.512. The second-order valence-corrected chi connectivity index (χ2v) is 9.15. The highest BCUT2D eigenvalue weighted by Gasteiger charge is 2.42. The van der Waals surface area contributed by atoms with Crippen molar-refractivity contribution < 1.29 is 14.4 Å². The molecule has 4 N–H and O–H groups in total. The monoisotopic (exact) mass is 510 g/mol. The van der Waals surface area contributed by atoms with Gasteiger partial charge in [0.2, 0.25) is 11.8 Å². The molecule has 2 saturated heterocycles. The number of unbranched alkanes of at least 4 members (excludes halogenated alkanes) is 4. The number of alkyl halides is 1. The van der Waals surface area contributed by atoms with Crippen molar-refractivity contribution in [2.24, 2.45) is 0 Å². The van der Waals surface area contributed by atoms with Crippen LogP contribution in [-0.4, -0.2) is 58.4 Å². The van der Waals surface area contributed by atoms with Crippen LogP contribution in [0.15, 0.2) is 0 Å². The summed E-state index contributed by atoms with van der Waals surface area (Å²) in [4.78, 5) is 34.3. The summed E-state index contributed by atoms with van der Waals surface area (Å²) >= 11 is 3.98. The lowest BCUT2D eigenvalue weighted by atomic mass is 10.0. The van der Waals surface area contributed by atoms with E-state index in [9.17, 15) is 14.4 Å². The molecule has 2 rings (SSSR count). The minimum Gasteiger partial charge on any atom is -0.356 e. The Hall–Kier alpha value is -0.710. The van der Waals surface area contributed by atoms with Crippen molar-refractivity contribution in [3.63, 3.8) is 0 Å². The van der Waals surface area contributed by atoms with E-state index >= 15 is 0 Å². The Kier molecular flexibility index (Phi) is 10.6. The van der Waals surface area contributed by atoms with Crippen molar-refractivity contribution in [2.45, 2.75) is 68.7 Å². The molecule has 2 aliphatic rings. The van der Waals surface area contributed by atoms with Gasteiger partial charge in [0, 0.05) is 30.5 Å². The Morgan fingerprint density at radius 1 is 1.00 bits per heavy atom. The van der Waals surface area contributed by atoms with Gasteiger partial charge in [0.05, 0.1) is 16.5 Å². The van der Waals surface area contributed by atoms with Crippen LogP contribution in [0.1, 0.15) is 51.4 Å². The molecule has 27 heavy (non-hydrogen) atoms. The Bertz CT molecular complexity index is 509. The van der Waals surface area contributed by atoms with Gasteiger partial charge in [0.25, 0.3) is 0 Å². The van der Waals surface area contributed by atoms with Crippen LogP contribution in [0.25, 0.3) is 0 Å². The molecule has 9 heteroatoms. The molecule has 0 aromatic heterocycles. The zero-order chi connectivity index (χ0) is 19.5. The van der Waals surface area contributed by atoms with Crippen LogP contribution < -0.4 is 21.3 Å².